The maximum absolute atomic E-state index is 12.1. The fourth-order valence-corrected chi connectivity index (χ4v) is 1.54. The average molecular weight is 327 g/mol. The van der Waals surface area contributed by atoms with Crippen LogP contribution in [0, 0.1) is 0 Å². The molecule has 0 bridgehead atoms. The first-order chi connectivity index (χ1) is 8.95. The number of carbonyl (C=O) groups is 2. The number of alkyl halides is 1. The van der Waals surface area contributed by atoms with E-state index in [1.54, 1.807) is 31.2 Å². The number of amides is 2. The number of hydrogen-bond acceptors (Lipinski definition) is 2. The van der Waals surface area contributed by atoms with Crippen molar-refractivity contribution < 1.29 is 9.59 Å². The summed E-state index contributed by atoms with van der Waals surface area (Å²) in [6.45, 7) is 5.68. The van der Waals surface area contributed by atoms with Crippen LogP contribution in [0.1, 0.15) is 37.6 Å². The van der Waals surface area contributed by atoms with E-state index in [4.69, 9.17) is 0 Å². The molecular formula is C14H19BrN2O2. The molecular weight excluding hydrogens is 308 g/mol. The molecule has 4 nitrogen and oxygen atoms in total. The molecule has 2 atom stereocenters. The van der Waals surface area contributed by atoms with Gasteiger partial charge in [0.2, 0.25) is 5.91 Å². The van der Waals surface area contributed by atoms with Crippen molar-refractivity contribution in [2.45, 2.75) is 38.1 Å². The number of carbonyl (C=O) groups excluding carboxylic acids is 2. The summed E-state index contributed by atoms with van der Waals surface area (Å²) in [7, 11) is 0. The minimum atomic E-state index is -0.307. The van der Waals surface area contributed by atoms with Crippen molar-refractivity contribution in [3.63, 3.8) is 0 Å². The molecule has 0 heterocycles. The predicted molar refractivity (Wildman–Crippen MR) is 80.7 cm³/mol. The van der Waals surface area contributed by atoms with Gasteiger partial charge in [-0.2, -0.15) is 0 Å². The minimum absolute atomic E-state index is 0.103. The zero-order valence-electron chi connectivity index (χ0n) is 11.4. The van der Waals surface area contributed by atoms with Gasteiger partial charge in [-0.1, -0.05) is 35.0 Å². The fourth-order valence-electron chi connectivity index (χ4n) is 1.43. The first-order valence-electron chi connectivity index (χ1n) is 6.30. The first-order valence-corrected chi connectivity index (χ1v) is 7.22. The summed E-state index contributed by atoms with van der Waals surface area (Å²) < 4.78 is 0. The molecule has 104 valence electrons. The zero-order chi connectivity index (χ0) is 14.4. The lowest BCUT2D eigenvalue weighted by molar-refractivity contribution is -0.115. The van der Waals surface area contributed by atoms with Gasteiger partial charge >= 0.3 is 0 Å². The van der Waals surface area contributed by atoms with Crippen molar-refractivity contribution in [3.8, 4) is 0 Å². The van der Waals surface area contributed by atoms with Crippen LogP contribution >= 0.6 is 15.9 Å². The third kappa shape index (κ3) is 4.67. The fraction of sp³-hybridized carbons (Fsp3) is 0.429. The van der Waals surface area contributed by atoms with E-state index >= 15 is 0 Å². The summed E-state index contributed by atoms with van der Waals surface area (Å²) in [6, 6.07) is 7.09. The average Bonchev–Trinajstić information content (AvgIpc) is 2.38. The van der Waals surface area contributed by atoms with Crippen molar-refractivity contribution in [2.24, 2.45) is 0 Å². The van der Waals surface area contributed by atoms with E-state index in [2.05, 4.69) is 26.6 Å². The Hall–Kier alpha value is -1.36. The van der Waals surface area contributed by atoms with Gasteiger partial charge in [0.1, 0.15) is 0 Å². The molecule has 1 rings (SSSR count). The topological polar surface area (TPSA) is 58.2 Å². The van der Waals surface area contributed by atoms with Gasteiger partial charge in [0.15, 0.2) is 0 Å². The van der Waals surface area contributed by atoms with E-state index in [1.807, 2.05) is 13.8 Å². The summed E-state index contributed by atoms with van der Waals surface area (Å²) in [5.41, 5.74) is 1.00. The van der Waals surface area contributed by atoms with Gasteiger partial charge in [-0.15, -0.1) is 0 Å². The second-order valence-corrected chi connectivity index (χ2v) is 5.81. The molecule has 0 aliphatic heterocycles. The number of nitrogens with one attached hydrogen (secondary N) is 2. The molecule has 2 N–H and O–H groups in total. The van der Waals surface area contributed by atoms with E-state index in [9.17, 15) is 9.59 Å². The SMILES string of the molecule is CCC(C)NC(=O)c1ccccc1NC(=O)C(C)Br. The Morgan fingerprint density at radius 3 is 2.47 bits per heavy atom. The Morgan fingerprint density at radius 1 is 1.26 bits per heavy atom. The number of halogens is 1. The largest absolute Gasteiger partial charge is 0.350 e. The summed E-state index contributed by atoms with van der Waals surface area (Å²) in [5, 5.41) is 5.62. The van der Waals surface area contributed by atoms with Crippen LogP contribution in [0.2, 0.25) is 0 Å². The standard InChI is InChI=1S/C14H19BrN2O2/c1-4-9(2)16-14(19)11-7-5-6-8-12(11)17-13(18)10(3)15/h5-10H,4H2,1-3H3,(H,16,19)(H,17,18). The normalized spacial score (nSPS) is 13.5. The Labute approximate surface area is 122 Å². The van der Waals surface area contributed by atoms with Crippen LogP contribution in [-0.2, 0) is 4.79 Å². The quantitative estimate of drug-likeness (QED) is 0.817. The lowest BCUT2D eigenvalue weighted by Crippen LogP contribution is -2.33. The number of para-hydroxylation sites is 1. The van der Waals surface area contributed by atoms with E-state index in [1.165, 1.54) is 0 Å². The highest BCUT2D eigenvalue weighted by Gasteiger charge is 2.16. The number of hydrogen-bond donors (Lipinski definition) is 2. The lowest BCUT2D eigenvalue weighted by Gasteiger charge is -2.15. The molecule has 0 saturated heterocycles. The van der Waals surface area contributed by atoms with Gasteiger partial charge in [-0.05, 0) is 32.4 Å². The molecule has 1 aromatic rings. The monoisotopic (exact) mass is 326 g/mol. The molecule has 5 heteroatoms. The Balaban J connectivity index is 2.89. The third-order valence-corrected chi connectivity index (χ3v) is 3.20. The summed E-state index contributed by atoms with van der Waals surface area (Å²) in [4.78, 5) is 23.5. The molecule has 19 heavy (non-hydrogen) atoms. The summed E-state index contributed by atoms with van der Waals surface area (Å²) in [5.74, 6) is -0.351. The van der Waals surface area contributed by atoms with Gasteiger partial charge in [0.05, 0.1) is 16.1 Å². The highest BCUT2D eigenvalue weighted by molar-refractivity contribution is 9.10. The van der Waals surface area contributed by atoms with E-state index < -0.39 is 0 Å². The number of rotatable bonds is 5. The van der Waals surface area contributed by atoms with Crippen molar-refractivity contribution in [1.29, 1.82) is 0 Å². The second kappa shape index (κ2) is 7.28. The van der Waals surface area contributed by atoms with Crippen LogP contribution in [0.15, 0.2) is 24.3 Å². The van der Waals surface area contributed by atoms with Crippen molar-refractivity contribution in [2.75, 3.05) is 5.32 Å². The molecule has 0 radical (unpaired) electrons. The van der Waals surface area contributed by atoms with Gasteiger partial charge < -0.3 is 10.6 Å². The van der Waals surface area contributed by atoms with Crippen LogP contribution < -0.4 is 10.6 Å². The Morgan fingerprint density at radius 2 is 1.89 bits per heavy atom. The molecule has 0 aliphatic carbocycles. The number of anilines is 1. The highest BCUT2D eigenvalue weighted by Crippen LogP contribution is 2.16. The van der Waals surface area contributed by atoms with E-state index in [-0.39, 0.29) is 22.7 Å². The summed E-state index contributed by atoms with van der Waals surface area (Å²) >= 11 is 3.20. The zero-order valence-corrected chi connectivity index (χ0v) is 13.0. The summed E-state index contributed by atoms with van der Waals surface area (Å²) in [6.07, 6.45) is 0.860. The maximum atomic E-state index is 12.1. The van der Waals surface area contributed by atoms with Gasteiger partial charge in [-0.25, -0.2) is 0 Å². The molecule has 0 saturated carbocycles. The molecule has 0 spiro atoms. The molecule has 0 aromatic heterocycles. The predicted octanol–water partition coefficient (Wildman–Crippen LogP) is 2.94. The molecule has 1 aromatic carbocycles. The van der Waals surface area contributed by atoms with Gasteiger partial charge in [-0.3, -0.25) is 9.59 Å². The smallest absolute Gasteiger partial charge is 0.253 e. The lowest BCUT2D eigenvalue weighted by atomic mass is 10.1. The van der Waals surface area contributed by atoms with E-state index in [0.717, 1.165) is 6.42 Å². The van der Waals surface area contributed by atoms with Crippen molar-refractivity contribution in [1.82, 2.24) is 5.32 Å². The van der Waals surface area contributed by atoms with Crippen molar-refractivity contribution >= 4 is 33.4 Å². The van der Waals surface area contributed by atoms with Crippen LogP contribution in [0.4, 0.5) is 5.69 Å². The maximum Gasteiger partial charge on any atom is 0.253 e. The molecule has 0 fully saturated rings. The Kier molecular flexibility index (Phi) is 6.02. The van der Waals surface area contributed by atoms with Crippen molar-refractivity contribution in [3.05, 3.63) is 29.8 Å². The number of benzene rings is 1. The van der Waals surface area contributed by atoms with Crippen LogP contribution in [-0.4, -0.2) is 22.7 Å². The molecule has 2 amide bonds. The third-order valence-electron chi connectivity index (χ3n) is 2.78. The minimum Gasteiger partial charge on any atom is -0.350 e. The van der Waals surface area contributed by atoms with Gasteiger partial charge in [0.25, 0.3) is 5.91 Å². The molecule has 0 aliphatic rings. The highest BCUT2D eigenvalue weighted by atomic mass is 79.9. The van der Waals surface area contributed by atoms with Crippen LogP contribution in [0.3, 0.4) is 0 Å². The second-order valence-electron chi connectivity index (χ2n) is 4.43. The van der Waals surface area contributed by atoms with Crippen LogP contribution in [0.5, 0.6) is 0 Å². The van der Waals surface area contributed by atoms with E-state index in [0.29, 0.717) is 11.3 Å². The first kappa shape index (κ1) is 15.7. The Bertz CT molecular complexity index is 461. The molecule has 2 unspecified atom stereocenters. The van der Waals surface area contributed by atoms with Crippen LogP contribution in [0.25, 0.3) is 0 Å². The van der Waals surface area contributed by atoms with Gasteiger partial charge in [0, 0.05) is 6.04 Å².